The largest absolute Gasteiger partial charge is 0.489 e. The van der Waals surface area contributed by atoms with Crippen LogP contribution in [0.15, 0.2) is 42.5 Å². The molecule has 0 aliphatic rings. The molecule has 0 heterocycles. The van der Waals surface area contributed by atoms with E-state index in [1.54, 1.807) is 12.1 Å². The van der Waals surface area contributed by atoms with Gasteiger partial charge in [0.1, 0.15) is 12.4 Å². The number of benzene rings is 2. The molecule has 0 saturated carbocycles. The molecule has 0 fully saturated rings. The summed E-state index contributed by atoms with van der Waals surface area (Å²) in [4.78, 5) is 0. The first kappa shape index (κ1) is 15.1. The van der Waals surface area contributed by atoms with Crippen molar-refractivity contribution < 1.29 is 4.74 Å². The van der Waals surface area contributed by atoms with Crippen molar-refractivity contribution in [1.29, 1.82) is 5.26 Å². The lowest BCUT2D eigenvalue weighted by Gasteiger charge is -2.19. The standard InChI is InChI=1S/C19H21NO/c1-14-5-6-16(12-20)11-18(14)21-13-15-7-9-17(10-8-15)19(2,3)4/h5-11H,13H2,1-4H3. The van der Waals surface area contributed by atoms with Crippen molar-refractivity contribution in [3.63, 3.8) is 0 Å². The highest BCUT2D eigenvalue weighted by Gasteiger charge is 2.12. The highest BCUT2D eigenvalue weighted by atomic mass is 16.5. The zero-order valence-electron chi connectivity index (χ0n) is 13.1. The molecule has 2 heteroatoms. The van der Waals surface area contributed by atoms with E-state index in [9.17, 15) is 0 Å². The van der Waals surface area contributed by atoms with Crippen molar-refractivity contribution in [3.05, 3.63) is 64.7 Å². The van der Waals surface area contributed by atoms with E-state index in [1.165, 1.54) is 5.56 Å². The van der Waals surface area contributed by atoms with Crippen LogP contribution in [-0.4, -0.2) is 0 Å². The Bertz CT molecular complexity index is 657. The smallest absolute Gasteiger partial charge is 0.124 e. The lowest BCUT2D eigenvalue weighted by molar-refractivity contribution is 0.304. The lowest BCUT2D eigenvalue weighted by atomic mass is 9.87. The molecule has 0 saturated heterocycles. The summed E-state index contributed by atoms with van der Waals surface area (Å²) in [5, 5.41) is 8.94. The molecule has 0 aliphatic heterocycles. The van der Waals surface area contributed by atoms with E-state index < -0.39 is 0 Å². The summed E-state index contributed by atoms with van der Waals surface area (Å²) in [6.45, 7) is 9.11. The zero-order valence-corrected chi connectivity index (χ0v) is 13.1. The fraction of sp³-hybridized carbons (Fsp3) is 0.316. The Morgan fingerprint density at radius 3 is 2.29 bits per heavy atom. The number of rotatable bonds is 3. The maximum absolute atomic E-state index is 8.94. The fourth-order valence-electron chi connectivity index (χ4n) is 2.09. The topological polar surface area (TPSA) is 33.0 Å². The van der Waals surface area contributed by atoms with Crippen molar-refractivity contribution in [3.8, 4) is 11.8 Å². The van der Waals surface area contributed by atoms with E-state index in [1.807, 2.05) is 13.0 Å². The first-order chi connectivity index (χ1) is 9.90. The summed E-state index contributed by atoms with van der Waals surface area (Å²) >= 11 is 0. The monoisotopic (exact) mass is 279 g/mol. The van der Waals surface area contributed by atoms with Gasteiger partial charge < -0.3 is 4.74 Å². The quantitative estimate of drug-likeness (QED) is 0.812. The van der Waals surface area contributed by atoms with Crippen LogP contribution in [0.1, 0.15) is 43.0 Å². The van der Waals surface area contributed by atoms with Crippen molar-refractivity contribution in [1.82, 2.24) is 0 Å². The minimum atomic E-state index is 0.164. The number of aryl methyl sites for hydroxylation is 1. The van der Waals surface area contributed by atoms with Crippen molar-refractivity contribution in [2.24, 2.45) is 0 Å². The van der Waals surface area contributed by atoms with Crippen LogP contribution in [-0.2, 0) is 12.0 Å². The molecule has 2 aromatic carbocycles. The summed E-state index contributed by atoms with van der Waals surface area (Å²) in [5.74, 6) is 0.772. The highest BCUT2D eigenvalue weighted by molar-refractivity contribution is 5.42. The zero-order chi connectivity index (χ0) is 15.5. The second-order valence-electron chi connectivity index (χ2n) is 6.33. The molecular formula is C19H21NO. The van der Waals surface area contributed by atoms with E-state index in [-0.39, 0.29) is 5.41 Å². The van der Waals surface area contributed by atoms with Gasteiger partial charge in [-0.25, -0.2) is 0 Å². The molecule has 0 radical (unpaired) electrons. The molecule has 2 aromatic rings. The van der Waals surface area contributed by atoms with Crippen LogP contribution < -0.4 is 4.74 Å². The van der Waals surface area contributed by atoms with Gasteiger partial charge in [0.2, 0.25) is 0 Å². The van der Waals surface area contributed by atoms with E-state index >= 15 is 0 Å². The second-order valence-corrected chi connectivity index (χ2v) is 6.33. The van der Waals surface area contributed by atoms with E-state index in [4.69, 9.17) is 10.00 Å². The van der Waals surface area contributed by atoms with Gasteiger partial charge in [-0.3, -0.25) is 0 Å². The van der Waals surface area contributed by atoms with Gasteiger partial charge in [-0.1, -0.05) is 51.1 Å². The van der Waals surface area contributed by atoms with Gasteiger partial charge in [0, 0.05) is 0 Å². The maximum Gasteiger partial charge on any atom is 0.124 e. The Morgan fingerprint density at radius 1 is 1.05 bits per heavy atom. The summed E-state index contributed by atoms with van der Waals surface area (Å²) in [6.07, 6.45) is 0. The Balaban J connectivity index is 2.08. The molecule has 2 rings (SSSR count). The van der Waals surface area contributed by atoms with E-state index in [0.717, 1.165) is 16.9 Å². The molecule has 0 N–H and O–H groups in total. The lowest BCUT2D eigenvalue weighted by Crippen LogP contribution is -2.10. The first-order valence-corrected chi connectivity index (χ1v) is 7.13. The van der Waals surface area contributed by atoms with E-state index in [0.29, 0.717) is 12.2 Å². The van der Waals surface area contributed by atoms with Crippen molar-refractivity contribution in [2.75, 3.05) is 0 Å². The predicted octanol–water partition coefficient (Wildman–Crippen LogP) is 4.74. The third-order valence-electron chi connectivity index (χ3n) is 3.53. The molecule has 21 heavy (non-hydrogen) atoms. The van der Waals surface area contributed by atoms with Crippen LogP contribution in [0.2, 0.25) is 0 Å². The number of hydrogen-bond donors (Lipinski definition) is 0. The maximum atomic E-state index is 8.94. The fourth-order valence-corrected chi connectivity index (χ4v) is 2.09. The Morgan fingerprint density at radius 2 is 1.71 bits per heavy atom. The normalized spacial score (nSPS) is 11.0. The van der Waals surface area contributed by atoms with Gasteiger partial charge >= 0.3 is 0 Å². The van der Waals surface area contributed by atoms with Gasteiger partial charge in [-0.05, 0) is 41.2 Å². The van der Waals surface area contributed by atoms with Crippen LogP contribution in [0, 0.1) is 18.3 Å². The summed E-state index contributed by atoms with van der Waals surface area (Å²) in [7, 11) is 0. The predicted molar refractivity (Wildman–Crippen MR) is 85.4 cm³/mol. The molecule has 0 aromatic heterocycles. The van der Waals surface area contributed by atoms with Gasteiger partial charge in [0.25, 0.3) is 0 Å². The van der Waals surface area contributed by atoms with Crippen LogP contribution in [0.5, 0.6) is 5.75 Å². The van der Waals surface area contributed by atoms with Crippen molar-refractivity contribution in [2.45, 2.75) is 39.7 Å². The summed E-state index contributed by atoms with van der Waals surface area (Å²) in [5.41, 5.74) is 4.27. The SMILES string of the molecule is Cc1ccc(C#N)cc1OCc1ccc(C(C)(C)C)cc1. The van der Waals surface area contributed by atoms with Crippen LogP contribution in [0.25, 0.3) is 0 Å². The van der Waals surface area contributed by atoms with Gasteiger partial charge in [0.05, 0.1) is 11.6 Å². The number of hydrogen-bond acceptors (Lipinski definition) is 2. The Kier molecular flexibility index (Phi) is 4.33. The Hall–Kier alpha value is -2.27. The Labute approximate surface area is 127 Å². The average molecular weight is 279 g/mol. The van der Waals surface area contributed by atoms with Gasteiger partial charge in [0.15, 0.2) is 0 Å². The van der Waals surface area contributed by atoms with Crippen LogP contribution >= 0.6 is 0 Å². The van der Waals surface area contributed by atoms with Crippen LogP contribution in [0.3, 0.4) is 0 Å². The molecule has 0 unspecified atom stereocenters. The van der Waals surface area contributed by atoms with E-state index in [2.05, 4.69) is 51.1 Å². The van der Waals surface area contributed by atoms with Gasteiger partial charge in [-0.15, -0.1) is 0 Å². The molecule has 0 spiro atoms. The molecule has 0 amide bonds. The average Bonchev–Trinajstić information content (AvgIpc) is 2.46. The molecule has 0 bridgehead atoms. The van der Waals surface area contributed by atoms with Crippen LogP contribution in [0.4, 0.5) is 0 Å². The number of nitriles is 1. The minimum Gasteiger partial charge on any atom is -0.489 e. The molecule has 2 nitrogen and oxygen atoms in total. The minimum absolute atomic E-state index is 0.164. The molecule has 0 atom stereocenters. The van der Waals surface area contributed by atoms with Crippen molar-refractivity contribution >= 4 is 0 Å². The first-order valence-electron chi connectivity index (χ1n) is 7.13. The number of nitrogens with zero attached hydrogens (tertiary/aromatic N) is 1. The van der Waals surface area contributed by atoms with Gasteiger partial charge in [-0.2, -0.15) is 5.26 Å². The second kappa shape index (κ2) is 6.01. The highest BCUT2D eigenvalue weighted by Crippen LogP contribution is 2.23. The third-order valence-corrected chi connectivity index (χ3v) is 3.53. The third kappa shape index (κ3) is 3.86. The molecule has 108 valence electrons. The molecule has 0 aliphatic carbocycles. The summed E-state index contributed by atoms with van der Waals surface area (Å²) in [6, 6.07) is 16.1. The summed E-state index contributed by atoms with van der Waals surface area (Å²) < 4.78 is 5.84. The molecular weight excluding hydrogens is 258 g/mol. The number of ether oxygens (including phenoxy) is 1.